The van der Waals surface area contributed by atoms with Gasteiger partial charge in [-0.1, -0.05) is 6.07 Å². The number of aryl methyl sites for hydroxylation is 3. The summed E-state index contributed by atoms with van der Waals surface area (Å²) in [6.07, 6.45) is 1.68. The van der Waals surface area contributed by atoms with Crippen LogP contribution in [0.25, 0.3) is 0 Å². The molecule has 1 aromatic carbocycles. The Balaban J connectivity index is 1.91. The van der Waals surface area contributed by atoms with Gasteiger partial charge in [0.05, 0.1) is 6.21 Å². The standard InChI is InChI=1S/C20H27N3O2/c1-13(2)23-16(5)10-18(17(23)6)11-21-22-20(24)12-25-19-8-14(3)7-15(4)9-19/h7-11,13H,12H2,1-6H3,(H,22,24)/b21-11-. The van der Waals surface area contributed by atoms with Crippen LogP contribution in [0.15, 0.2) is 29.4 Å². The van der Waals surface area contributed by atoms with Crippen LogP contribution in [0.5, 0.6) is 5.75 Å². The molecule has 2 rings (SSSR count). The molecule has 1 amide bonds. The lowest BCUT2D eigenvalue weighted by Crippen LogP contribution is -2.24. The van der Waals surface area contributed by atoms with E-state index in [9.17, 15) is 4.79 Å². The molecule has 0 bridgehead atoms. The van der Waals surface area contributed by atoms with Crippen molar-refractivity contribution in [1.29, 1.82) is 0 Å². The summed E-state index contributed by atoms with van der Waals surface area (Å²) in [6.45, 7) is 12.3. The van der Waals surface area contributed by atoms with E-state index >= 15 is 0 Å². The van der Waals surface area contributed by atoms with Crippen molar-refractivity contribution in [1.82, 2.24) is 9.99 Å². The van der Waals surface area contributed by atoms with Gasteiger partial charge in [-0.05, 0) is 70.9 Å². The molecule has 1 heterocycles. The van der Waals surface area contributed by atoms with Gasteiger partial charge < -0.3 is 9.30 Å². The first-order valence-electron chi connectivity index (χ1n) is 8.49. The molecule has 0 fully saturated rings. The molecule has 5 heteroatoms. The number of hydrogen-bond acceptors (Lipinski definition) is 3. The molecule has 2 aromatic rings. The normalized spacial score (nSPS) is 11.3. The van der Waals surface area contributed by atoms with Crippen molar-refractivity contribution < 1.29 is 9.53 Å². The second-order valence-corrected chi connectivity index (χ2v) is 6.70. The number of hydrogen-bond donors (Lipinski definition) is 1. The Morgan fingerprint density at radius 1 is 1.16 bits per heavy atom. The molecule has 0 aliphatic heterocycles. The van der Waals surface area contributed by atoms with Crippen LogP contribution in [-0.4, -0.2) is 23.3 Å². The number of amides is 1. The van der Waals surface area contributed by atoms with E-state index < -0.39 is 0 Å². The molecule has 0 spiro atoms. The lowest BCUT2D eigenvalue weighted by atomic mass is 10.1. The molecule has 5 nitrogen and oxygen atoms in total. The zero-order valence-corrected chi connectivity index (χ0v) is 15.9. The Kier molecular flexibility index (Phi) is 6.02. The van der Waals surface area contributed by atoms with Crippen molar-refractivity contribution in [2.24, 2.45) is 5.10 Å². The van der Waals surface area contributed by atoms with E-state index in [1.807, 2.05) is 26.0 Å². The van der Waals surface area contributed by atoms with Crippen LogP contribution < -0.4 is 10.2 Å². The minimum atomic E-state index is -0.284. The number of ether oxygens (including phenoxy) is 1. The Labute approximate surface area is 149 Å². The predicted octanol–water partition coefficient (Wildman–Crippen LogP) is 3.83. The van der Waals surface area contributed by atoms with Crippen LogP contribution in [0, 0.1) is 27.7 Å². The lowest BCUT2D eigenvalue weighted by molar-refractivity contribution is -0.123. The Bertz CT molecular complexity index is 768. The lowest BCUT2D eigenvalue weighted by Gasteiger charge is -2.13. The number of nitrogens with zero attached hydrogens (tertiary/aromatic N) is 2. The predicted molar refractivity (Wildman–Crippen MR) is 101 cm³/mol. The van der Waals surface area contributed by atoms with Crippen molar-refractivity contribution >= 4 is 12.1 Å². The summed E-state index contributed by atoms with van der Waals surface area (Å²) < 4.78 is 7.76. The van der Waals surface area contributed by atoms with Crippen LogP contribution in [0.4, 0.5) is 0 Å². The van der Waals surface area contributed by atoms with Crippen molar-refractivity contribution in [2.45, 2.75) is 47.6 Å². The zero-order chi connectivity index (χ0) is 18.6. The van der Waals surface area contributed by atoms with Crippen LogP contribution in [0.2, 0.25) is 0 Å². The first-order valence-corrected chi connectivity index (χ1v) is 8.49. The monoisotopic (exact) mass is 341 g/mol. The molecular formula is C20H27N3O2. The molecule has 0 unspecified atom stereocenters. The molecule has 134 valence electrons. The summed E-state index contributed by atoms with van der Waals surface area (Å²) in [4.78, 5) is 11.9. The summed E-state index contributed by atoms with van der Waals surface area (Å²) >= 11 is 0. The highest BCUT2D eigenvalue weighted by Crippen LogP contribution is 2.18. The second-order valence-electron chi connectivity index (χ2n) is 6.70. The second kappa shape index (κ2) is 8.01. The first-order chi connectivity index (χ1) is 11.8. The molecule has 0 atom stereocenters. The summed E-state index contributed by atoms with van der Waals surface area (Å²) in [5.74, 6) is 0.408. The summed E-state index contributed by atoms with van der Waals surface area (Å²) in [5, 5.41) is 4.05. The highest BCUT2D eigenvalue weighted by Gasteiger charge is 2.10. The van der Waals surface area contributed by atoms with Gasteiger partial charge in [0.1, 0.15) is 5.75 Å². The van der Waals surface area contributed by atoms with Gasteiger partial charge in [0.2, 0.25) is 0 Å². The van der Waals surface area contributed by atoms with E-state index in [2.05, 4.69) is 54.9 Å². The number of hydrazone groups is 1. The third kappa shape index (κ3) is 4.95. The van der Waals surface area contributed by atoms with E-state index in [1.165, 1.54) is 5.69 Å². The Hall–Kier alpha value is -2.56. The van der Waals surface area contributed by atoms with E-state index in [0.717, 1.165) is 22.4 Å². The van der Waals surface area contributed by atoms with Gasteiger partial charge in [-0.15, -0.1) is 0 Å². The average molecular weight is 341 g/mol. The van der Waals surface area contributed by atoms with E-state index in [0.29, 0.717) is 11.8 Å². The summed E-state index contributed by atoms with van der Waals surface area (Å²) in [6, 6.07) is 8.33. The fraction of sp³-hybridized carbons (Fsp3) is 0.400. The third-order valence-corrected chi connectivity index (χ3v) is 4.00. The highest BCUT2D eigenvalue weighted by atomic mass is 16.5. The zero-order valence-electron chi connectivity index (χ0n) is 15.9. The fourth-order valence-corrected chi connectivity index (χ4v) is 3.10. The highest BCUT2D eigenvalue weighted by molar-refractivity contribution is 5.84. The fourth-order valence-electron chi connectivity index (χ4n) is 3.10. The van der Waals surface area contributed by atoms with Gasteiger partial charge >= 0.3 is 0 Å². The number of carbonyl (C=O) groups excluding carboxylic acids is 1. The largest absolute Gasteiger partial charge is 0.484 e. The van der Waals surface area contributed by atoms with Crippen molar-refractivity contribution in [3.05, 3.63) is 52.3 Å². The van der Waals surface area contributed by atoms with E-state index in [4.69, 9.17) is 4.74 Å². The topological polar surface area (TPSA) is 55.6 Å². The maximum atomic E-state index is 11.9. The third-order valence-electron chi connectivity index (χ3n) is 4.00. The Morgan fingerprint density at radius 2 is 1.80 bits per heavy atom. The average Bonchev–Trinajstić information content (AvgIpc) is 2.78. The van der Waals surface area contributed by atoms with Crippen LogP contribution in [-0.2, 0) is 4.79 Å². The minimum absolute atomic E-state index is 0.0642. The number of rotatable bonds is 6. The van der Waals surface area contributed by atoms with Crippen molar-refractivity contribution in [3.63, 3.8) is 0 Å². The van der Waals surface area contributed by atoms with Gasteiger partial charge in [-0.3, -0.25) is 4.79 Å². The minimum Gasteiger partial charge on any atom is -0.484 e. The van der Waals surface area contributed by atoms with Gasteiger partial charge in [0.25, 0.3) is 5.91 Å². The van der Waals surface area contributed by atoms with Crippen LogP contribution >= 0.6 is 0 Å². The molecule has 25 heavy (non-hydrogen) atoms. The molecule has 0 aliphatic rings. The van der Waals surface area contributed by atoms with Crippen LogP contribution in [0.3, 0.4) is 0 Å². The molecule has 0 radical (unpaired) electrons. The number of benzene rings is 1. The van der Waals surface area contributed by atoms with Gasteiger partial charge in [0, 0.05) is 23.0 Å². The molecule has 0 saturated carbocycles. The smallest absolute Gasteiger partial charge is 0.277 e. The van der Waals surface area contributed by atoms with Crippen LogP contribution in [0.1, 0.15) is 48.0 Å². The number of aromatic nitrogens is 1. The molecule has 1 N–H and O–H groups in total. The summed E-state index contributed by atoms with van der Waals surface area (Å²) in [5.41, 5.74) is 8.04. The molecule has 1 aromatic heterocycles. The SMILES string of the molecule is Cc1cc(C)cc(OCC(=O)N/N=C\c2cc(C)n(C(C)C)c2C)c1. The maximum absolute atomic E-state index is 11.9. The van der Waals surface area contributed by atoms with Gasteiger partial charge in [0.15, 0.2) is 6.61 Å². The Morgan fingerprint density at radius 3 is 2.36 bits per heavy atom. The van der Waals surface area contributed by atoms with E-state index in [-0.39, 0.29) is 12.5 Å². The maximum Gasteiger partial charge on any atom is 0.277 e. The first kappa shape index (κ1) is 18.8. The molecule has 0 saturated heterocycles. The number of nitrogens with one attached hydrogen (secondary N) is 1. The number of carbonyl (C=O) groups is 1. The van der Waals surface area contributed by atoms with Gasteiger partial charge in [-0.2, -0.15) is 5.10 Å². The van der Waals surface area contributed by atoms with Crippen molar-refractivity contribution in [2.75, 3.05) is 6.61 Å². The van der Waals surface area contributed by atoms with Gasteiger partial charge in [-0.25, -0.2) is 5.43 Å². The van der Waals surface area contributed by atoms with Crippen molar-refractivity contribution in [3.8, 4) is 5.75 Å². The quantitative estimate of drug-likeness (QED) is 0.641. The molecule has 0 aliphatic carbocycles. The summed E-state index contributed by atoms with van der Waals surface area (Å²) in [7, 11) is 0. The molecular weight excluding hydrogens is 314 g/mol. The van der Waals surface area contributed by atoms with E-state index in [1.54, 1.807) is 6.21 Å².